The van der Waals surface area contributed by atoms with E-state index in [4.69, 9.17) is 15.2 Å². The summed E-state index contributed by atoms with van der Waals surface area (Å²) in [7, 11) is -2.65. The van der Waals surface area contributed by atoms with E-state index in [2.05, 4.69) is 26.8 Å². The van der Waals surface area contributed by atoms with Gasteiger partial charge in [-0.1, -0.05) is 19.9 Å². The van der Waals surface area contributed by atoms with Gasteiger partial charge in [0.25, 0.3) is 5.91 Å². The Morgan fingerprint density at radius 1 is 1.14 bits per heavy atom. The number of methoxy groups -OCH3 is 1. The van der Waals surface area contributed by atoms with E-state index < -0.39 is 67.2 Å². The molecule has 3 unspecified atom stereocenters. The van der Waals surface area contributed by atoms with E-state index in [0.29, 0.717) is 46.6 Å². The molecule has 51 heavy (non-hydrogen) atoms. The molecule has 6 atom stereocenters. The number of fused-ring (bicyclic) bond motifs is 1. The molecule has 1 saturated heterocycles. The largest absolute Gasteiger partial charge is 0.497 e. The van der Waals surface area contributed by atoms with Crippen molar-refractivity contribution in [1.82, 2.24) is 20.3 Å². The van der Waals surface area contributed by atoms with Crippen LogP contribution in [0, 0.1) is 25.7 Å². The molecule has 3 fully saturated rings. The van der Waals surface area contributed by atoms with Crippen molar-refractivity contribution in [3.63, 3.8) is 0 Å². The van der Waals surface area contributed by atoms with Crippen LogP contribution < -0.4 is 24.8 Å². The fourth-order valence-corrected chi connectivity index (χ4v) is 8.82. The topological polar surface area (TPSA) is 184 Å². The quantitative estimate of drug-likeness (QED) is 0.218. The van der Waals surface area contributed by atoms with Crippen LogP contribution in [-0.2, 0) is 19.6 Å². The molecule has 0 spiro atoms. The zero-order chi connectivity index (χ0) is 37.0. The number of anilines is 1. The Hall–Kier alpha value is -4.47. The van der Waals surface area contributed by atoms with Crippen molar-refractivity contribution in [3.8, 4) is 11.6 Å². The summed E-state index contributed by atoms with van der Waals surface area (Å²) < 4.78 is 39.5. The van der Waals surface area contributed by atoms with Crippen LogP contribution in [0.5, 0.6) is 11.6 Å². The number of nitrogens with one attached hydrogen (secondary N) is 1. The number of urea groups is 1. The molecule has 2 aromatic heterocycles. The van der Waals surface area contributed by atoms with E-state index in [-0.39, 0.29) is 24.8 Å². The molecule has 6 rings (SSSR count). The molecule has 2 saturated carbocycles. The van der Waals surface area contributed by atoms with E-state index in [9.17, 15) is 22.8 Å². The number of amides is 4. The van der Waals surface area contributed by atoms with Gasteiger partial charge in [-0.3, -0.25) is 10.1 Å². The molecule has 1 aromatic carbocycles. The number of ether oxygens (including phenoxy) is 2. The van der Waals surface area contributed by atoms with Crippen molar-refractivity contribution in [1.29, 1.82) is 0 Å². The standard InChI is InChI=1S/C36H45N7O7S/c1-8-25-18-36(25,33(45)42(51(47,48)28-10-11-28)34-39-21(4)15-22(5)40-34)41-35(46)43(32(44)30(37)20(2)3)19-27(16-23(43)6)50-31-29-12-9-26(49-7)17-24(29)13-14-38-31/h8-9,12-15,17,20,23,25,27-28,30H,1,10-11,16,18-19,37H2,2-7H3/p+1/t23?,25-,27-,30?,36-,43?/m1/s1. The van der Waals surface area contributed by atoms with Gasteiger partial charge in [-0.15, -0.1) is 6.58 Å². The Morgan fingerprint density at radius 2 is 1.82 bits per heavy atom. The minimum atomic E-state index is -4.23. The van der Waals surface area contributed by atoms with Gasteiger partial charge in [0.1, 0.15) is 29.9 Å². The number of hydrogen-bond acceptors (Lipinski definition) is 11. The molecule has 3 aromatic rings. The van der Waals surface area contributed by atoms with Crippen molar-refractivity contribution in [2.75, 3.05) is 18.0 Å². The number of imide groups is 1. The molecule has 3 N–H and O–H groups in total. The lowest BCUT2D eigenvalue weighted by Crippen LogP contribution is -2.70. The third-order valence-corrected chi connectivity index (χ3v) is 12.5. The fourth-order valence-electron chi connectivity index (χ4n) is 7.09. The molecule has 0 radical (unpaired) electrons. The summed E-state index contributed by atoms with van der Waals surface area (Å²) >= 11 is 0. The number of nitrogens with two attached hydrogens (primary N) is 1. The monoisotopic (exact) mass is 720 g/mol. The number of likely N-dealkylation sites (tertiary alicyclic amines) is 1. The fraction of sp³-hybridized carbons (Fsp3) is 0.500. The number of carbonyl (C=O) groups excluding carboxylic acids is 3. The van der Waals surface area contributed by atoms with Gasteiger partial charge in [-0.25, -0.2) is 33.0 Å². The van der Waals surface area contributed by atoms with Gasteiger partial charge in [-0.05, 0) is 81.7 Å². The van der Waals surface area contributed by atoms with Crippen molar-refractivity contribution >= 4 is 44.6 Å². The normalized spacial score (nSPS) is 26.4. The van der Waals surface area contributed by atoms with E-state index in [1.165, 1.54) is 6.08 Å². The highest BCUT2D eigenvalue weighted by Crippen LogP contribution is 2.48. The first-order valence-corrected chi connectivity index (χ1v) is 18.7. The number of carbonyl (C=O) groups is 3. The Bertz CT molecular complexity index is 2000. The maximum Gasteiger partial charge on any atom is 0.425 e. The second-order valence-electron chi connectivity index (χ2n) is 14.4. The van der Waals surface area contributed by atoms with Crippen LogP contribution in [0.1, 0.15) is 57.8 Å². The third kappa shape index (κ3) is 6.35. The highest BCUT2D eigenvalue weighted by atomic mass is 32.2. The molecule has 3 heterocycles. The zero-order valence-electron chi connectivity index (χ0n) is 29.8. The van der Waals surface area contributed by atoms with Crippen molar-refractivity contribution < 1.29 is 36.8 Å². The minimum absolute atomic E-state index is 0.0741. The van der Waals surface area contributed by atoms with Crippen molar-refractivity contribution in [2.45, 2.75) is 89.3 Å². The van der Waals surface area contributed by atoms with Crippen LogP contribution >= 0.6 is 0 Å². The van der Waals surface area contributed by atoms with Crippen molar-refractivity contribution in [2.24, 2.45) is 17.6 Å². The molecule has 14 nitrogen and oxygen atoms in total. The number of rotatable bonds is 11. The summed E-state index contributed by atoms with van der Waals surface area (Å²) in [5, 5.41) is 3.68. The Labute approximate surface area is 298 Å². The summed E-state index contributed by atoms with van der Waals surface area (Å²) in [5.41, 5.74) is 5.71. The summed E-state index contributed by atoms with van der Waals surface area (Å²) in [4.78, 5) is 57.0. The van der Waals surface area contributed by atoms with Gasteiger partial charge in [0.05, 0.1) is 12.4 Å². The van der Waals surface area contributed by atoms with Crippen molar-refractivity contribution in [3.05, 3.63) is 60.6 Å². The van der Waals surface area contributed by atoms with Gasteiger partial charge in [0.15, 0.2) is 6.10 Å². The highest BCUT2D eigenvalue weighted by molar-refractivity contribution is 7.94. The number of pyridine rings is 1. The molecule has 272 valence electrons. The summed E-state index contributed by atoms with van der Waals surface area (Å²) in [6.45, 7) is 12.5. The molecular formula is C36H46N7O7S+. The van der Waals surface area contributed by atoms with E-state index in [0.717, 1.165) is 10.8 Å². The van der Waals surface area contributed by atoms with E-state index in [1.54, 1.807) is 60.1 Å². The Kier molecular flexibility index (Phi) is 9.44. The smallest absolute Gasteiger partial charge is 0.425 e. The zero-order valence-corrected chi connectivity index (χ0v) is 30.6. The maximum absolute atomic E-state index is 14.8. The first-order valence-electron chi connectivity index (χ1n) is 17.2. The van der Waals surface area contributed by atoms with Crippen LogP contribution in [0.15, 0.2) is 49.2 Å². The lowest BCUT2D eigenvalue weighted by Gasteiger charge is -2.37. The molecule has 15 heteroatoms. The average molecular weight is 721 g/mol. The summed E-state index contributed by atoms with van der Waals surface area (Å²) in [5.74, 6) is -1.63. The maximum atomic E-state index is 14.8. The van der Waals surface area contributed by atoms with Gasteiger partial charge < -0.3 is 15.2 Å². The highest BCUT2D eigenvalue weighted by Gasteiger charge is 2.68. The summed E-state index contributed by atoms with van der Waals surface area (Å²) in [6, 6.07) is 6.59. The van der Waals surface area contributed by atoms with Gasteiger partial charge >= 0.3 is 11.9 Å². The van der Waals surface area contributed by atoms with Gasteiger partial charge in [0, 0.05) is 35.3 Å². The second-order valence-corrected chi connectivity index (χ2v) is 16.5. The predicted octanol–water partition coefficient (Wildman–Crippen LogP) is 3.70. The number of quaternary nitrogens is 1. The Balaban J connectivity index is 1.37. The van der Waals surface area contributed by atoms with Gasteiger partial charge in [0.2, 0.25) is 21.9 Å². The van der Waals surface area contributed by atoms with Crippen LogP contribution in [0.2, 0.25) is 0 Å². The lowest BCUT2D eigenvalue weighted by molar-refractivity contribution is -0.787. The molecular weight excluding hydrogens is 675 g/mol. The second kappa shape index (κ2) is 13.3. The molecule has 4 amide bonds. The molecule has 0 bridgehead atoms. The first-order chi connectivity index (χ1) is 24.1. The van der Waals surface area contributed by atoms with E-state index >= 15 is 0 Å². The van der Waals surface area contributed by atoms with Crippen LogP contribution in [0.4, 0.5) is 10.7 Å². The number of sulfonamides is 1. The molecule has 3 aliphatic rings. The van der Waals surface area contributed by atoms with E-state index in [1.807, 2.05) is 18.2 Å². The third-order valence-electron chi connectivity index (χ3n) is 10.4. The average Bonchev–Trinajstić information content (AvgIpc) is 4.01. The van der Waals surface area contributed by atoms with Gasteiger partial charge in [-0.2, -0.15) is 8.79 Å². The first kappa shape index (κ1) is 36.3. The van der Waals surface area contributed by atoms with Crippen LogP contribution in [0.25, 0.3) is 10.8 Å². The summed E-state index contributed by atoms with van der Waals surface area (Å²) in [6.07, 6.45) is 3.64. The number of aryl methyl sites for hydroxylation is 2. The SMILES string of the molecule is C=C[C@@H]1C[C@]1(NC(=O)[N+]1(C(=O)C(N)C(C)C)C[C@H](Oc2nccc3cc(OC)ccc23)CC1C)C(=O)N(c1nc(C)cc(C)n1)S(=O)(=O)C1CC1. The number of hydrogen-bond donors (Lipinski definition) is 2. The van der Waals surface area contributed by atoms with Crippen LogP contribution in [-0.4, -0.2) is 88.3 Å². The number of benzene rings is 1. The molecule has 2 aliphatic carbocycles. The minimum Gasteiger partial charge on any atom is -0.497 e. The lowest BCUT2D eigenvalue weighted by atomic mass is 10.0. The number of aromatic nitrogens is 3. The molecule has 1 aliphatic heterocycles. The number of nitrogens with zero attached hydrogens (tertiary/aromatic N) is 5. The predicted molar refractivity (Wildman–Crippen MR) is 190 cm³/mol. The Morgan fingerprint density at radius 3 is 2.41 bits per heavy atom. The van der Waals surface area contributed by atoms with Crippen LogP contribution in [0.3, 0.4) is 0 Å².